The lowest BCUT2D eigenvalue weighted by Crippen LogP contribution is -2.51. The second kappa shape index (κ2) is 14.1. The summed E-state index contributed by atoms with van der Waals surface area (Å²) >= 11 is 12.5. The van der Waals surface area contributed by atoms with E-state index in [2.05, 4.69) is 5.32 Å². The summed E-state index contributed by atoms with van der Waals surface area (Å²) in [7, 11) is -4.21. The second-order valence-electron chi connectivity index (χ2n) is 9.73. The Hall–Kier alpha value is -3.47. The van der Waals surface area contributed by atoms with E-state index in [0.29, 0.717) is 46.9 Å². The lowest BCUT2D eigenvalue weighted by atomic mass is 10.1. The van der Waals surface area contributed by atoms with Crippen LogP contribution in [0.15, 0.2) is 71.6 Å². The molecule has 3 aromatic carbocycles. The van der Waals surface area contributed by atoms with Crippen molar-refractivity contribution in [1.29, 1.82) is 0 Å². The summed E-state index contributed by atoms with van der Waals surface area (Å²) in [5.74, 6) is -0.120. The summed E-state index contributed by atoms with van der Waals surface area (Å²) < 4.78 is 40.2. The maximum Gasteiger partial charge on any atom is 0.264 e. The van der Waals surface area contributed by atoms with Gasteiger partial charge in [-0.2, -0.15) is 0 Å². The largest absolute Gasteiger partial charge is 0.486 e. The van der Waals surface area contributed by atoms with Gasteiger partial charge in [-0.05, 0) is 55.3 Å². The smallest absolute Gasteiger partial charge is 0.264 e. The molecule has 42 heavy (non-hydrogen) atoms. The maximum atomic E-state index is 14.1. The monoisotopic (exact) mass is 633 g/mol. The third-order valence-corrected chi connectivity index (χ3v) is 9.15. The van der Waals surface area contributed by atoms with Gasteiger partial charge in [0.2, 0.25) is 11.8 Å². The Morgan fingerprint density at radius 1 is 0.976 bits per heavy atom. The van der Waals surface area contributed by atoms with Crippen LogP contribution in [0.25, 0.3) is 0 Å². The van der Waals surface area contributed by atoms with Gasteiger partial charge in [0, 0.05) is 29.2 Å². The van der Waals surface area contributed by atoms with Crippen LogP contribution in [0.1, 0.15) is 32.3 Å². The van der Waals surface area contributed by atoms with E-state index in [0.717, 1.165) is 17.1 Å². The van der Waals surface area contributed by atoms with E-state index in [1.807, 2.05) is 6.92 Å². The van der Waals surface area contributed by atoms with Crippen LogP contribution in [0, 0.1) is 0 Å². The van der Waals surface area contributed by atoms with Crippen molar-refractivity contribution in [3.8, 4) is 11.5 Å². The Bertz CT molecular complexity index is 1520. The molecular weight excluding hydrogens is 601 g/mol. The third-order valence-electron chi connectivity index (χ3n) is 6.78. The van der Waals surface area contributed by atoms with Crippen LogP contribution in [-0.4, -0.2) is 57.5 Å². The molecule has 0 saturated carbocycles. The maximum absolute atomic E-state index is 14.1. The van der Waals surface area contributed by atoms with Crippen LogP contribution < -0.4 is 19.1 Å². The minimum Gasteiger partial charge on any atom is -0.486 e. The Kier molecular flexibility index (Phi) is 10.6. The molecule has 0 aromatic heterocycles. The number of fused-ring (bicyclic) bond motifs is 1. The van der Waals surface area contributed by atoms with Crippen molar-refractivity contribution < 1.29 is 27.5 Å². The molecule has 1 unspecified atom stereocenters. The predicted octanol–water partition coefficient (Wildman–Crippen LogP) is 5.29. The zero-order chi connectivity index (χ0) is 30.3. The van der Waals surface area contributed by atoms with E-state index < -0.39 is 28.5 Å². The minimum absolute atomic E-state index is 0.00495. The first-order valence-electron chi connectivity index (χ1n) is 13.6. The van der Waals surface area contributed by atoms with Crippen molar-refractivity contribution in [2.45, 2.75) is 44.2 Å². The zero-order valence-electron chi connectivity index (χ0n) is 23.4. The van der Waals surface area contributed by atoms with Crippen molar-refractivity contribution >= 4 is 50.7 Å². The van der Waals surface area contributed by atoms with Crippen LogP contribution in [0.5, 0.6) is 11.5 Å². The fraction of sp³-hybridized carbons (Fsp3) is 0.333. The Morgan fingerprint density at radius 3 is 2.38 bits per heavy atom. The van der Waals surface area contributed by atoms with Crippen molar-refractivity contribution in [2.75, 3.05) is 30.6 Å². The summed E-state index contributed by atoms with van der Waals surface area (Å²) in [6.45, 7) is 4.11. The number of amides is 2. The number of rotatable bonds is 12. The summed E-state index contributed by atoms with van der Waals surface area (Å²) in [5.41, 5.74) is 0.764. The molecule has 1 atom stereocenters. The zero-order valence-corrected chi connectivity index (χ0v) is 25.7. The van der Waals surface area contributed by atoms with Gasteiger partial charge < -0.3 is 19.7 Å². The molecule has 2 amide bonds. The summed E-state index contributed by atoms with van der Waals surface area (Å²) in [4.78, 5) is 28.5. The van der Waals surface area contributed by atoms with Crippen LogP contribution in [0.3, 0.4) is 0 Å². The van der Waals surface area contributed by atoms with Crippen molar-refractivity contribution in [1.82, 2.24) is 10.2 Å². The Balaban J connectivity index is 1.72. The Labute approximate surface area is 256 Å². The molecule has 9 nitrogen and oxygen atoms in total. The number of hydrogen-bond acceptors (Lipinski definition) is 6. The van der Waals surface area contributed by atoms with Crippen molar-refractivity contribution in [2.24, 2.45) is 0 Å². The molecule has 1 heterocycles. The van der Waals surface area contributed by atoms with Gasteiger partial charge in [-0.3, -0.25) is 13.9 Å². The van der Waals surface area contributed by atoms with Crippen LogP contribution in [0.4, 0.5) is 5.69 Å². The van der Waals surface area contributed by atoms with Crippen LogP contribution >= 0.6 is 23.2 Å². The third kappa shape index (κ3) is 7.48. The summed E-state index contributed by atoms with van der Waals surface area (Å²) in [6.07, 6.45) is 1.67. The molecule has 1 N–H and O–H groups in total. The lowest BCUT2D eigenvalue weighted by Gasteiger charge is -2.32. The lowest BCUT2D eigenvalue weighted by molar-refractivity contribution is -0.139. The Morgan fingerprint density at radius 2 is 1.69 bits per heavy atom. The fourth-order valence-electron chi connectivity index (χ4n) is 4.39. The molecule has 12 heteroatoms. The van der Waals surface area contributed by atoms with E-state index in [1.54, 1.807) is 55.5 Å². The number of ether oxygens (including phenoxy) is 2. The van der Waals surface area contributed by atoms with Gasteiger partial charge in [-0.15, -0.1) is 0 Å². The SMILES string of the molecule is CCCCNC(=O)C(C)N(Cc1ccc(Cl)cc1Cl)C(=O)CN(c1ccc2c(c1)OCCO2)S(=O)(=O)c1ccccc1. The van der Waals surface area contributed by atoms with E-state index in [1.165, 1.54) is 23.1 Å². The molecule has 1 aliphatic rings. The van der Waals surface area contributed by atoms with Gasteiger partial charge in [-0.1, -0.05) is 60.8 Å². The average Bonchev–Trinajstić information content (AvgIpc) is 2.99. The summed E-state index contributed by atoms with van der Waals surface area (Å²) in [5, 5.41) is 3.60. The predicted molar refractivity (Wildman–Crippen MR) is 163 cm³/mol. The van der Waals surface area contributed by atoms with E-state index in [-0.39, 0.29) is 23.0 Å². The average molecular weight is 635 g/mol. The number of unbranched alkanes of at least 4 members (excludes halogenated alkanes) is 1. The van der Waals surface area contributed by atoms with Gasteiger partial charge >= 0.3 is 0 Å². The number of nitrogens with one attached hydrogen (secondary N) is 1. The quantitative estimate of drug-likeness (QED) is 0.272. The van der Waals surface area contributed by atoms with Gasteiger partial charge in [0.05, 0.1) is 10.6 Å². The molecule has 4 rings (SSSR count). The molecule has 0 radical (unpaired) electrons. The number of carbonyl (C=O) groups is 2. The van der Waals surface area contributed by atoms with Gasteiger partial charge in [0.25, 0.3) is 10.0 Å². The second-order valence-corrected chi connectivity index (χ2v) is 12.4. The van der Waals surface area contributed by atoms with Gasteiger partial charge in [-0.25, -0.2) is 8.42 Å². The van der Waals surface area contributed by atoms with Crippen molar-refractivity contribution in [3.05, 3.63) is 82.3 Å². The highest BCUT2D eigenvalue weighted by Gasteiger charge is 2.33. The van der Waals surface area contributed by atoms with Crippen LogP contribution in [-0.2, 0) is 26.2 Å². The number of halogens is 2. The highest BCUT2D eigenvalue weighted by Crippen LogP contribution is 2.36. The number of sulfonamides is 1. The topological polar surface area (TPSA) is 105 Å². The first kappa shape index (κ1) is 31.5. The highest BCUT2D eigenvalue weighted by molar-refractivity contribution is 7.92. The number of carbonyl (C=O) groups excluding carboxylic acids is 2. The fourth-order valence-corrected chi connectivity index (χ4v) is 6.28. The molecule has 3 aromatic rings. The molecule has 224 valence electrons. The van der Waals surface area contributed by atoms with E-state index in [4.69, 9.17) is 32.7 Å². The molecular formula is C30H33Cl2N3O6S. The number of hydrogen-bond donors (Lipinski definition) is 1. The molecule has 0 spiro atoms. The highest BCUT2D eigenvalue weighted by atomic mass is 35.5. The normalized spacial score (nSPS) is 13.2. The van der Waals surface area contributed by atoms with Gasteiger partial charge in [0.1, 0.15) is 25.8 Å². The number of anilines is 1. The van der Waals surface area contributed by atoms with E-state index >= 15 is 0 Å². The molecule has 0 aliphatic carbocycles. The molecule has 0 bridgehead atoms. The van der Waals surface area contributed by atoms with Crippen molar-refractivity contribution in [3.63, 3.8) is 0 Å². The van der Waals surface area contributed by atoms with E-state index in [9.17, 15) is 18.0 Å². The summed E-state index contributed by atoms with van der Waals surface area (Å²) in [6, 6.07) is 16.5. The number of nitrogens with zero attached hydrogens (tertiary/aromatic N) is 2. The molecule has 0 saturated heterocycles. The molecule has 0 fully saturated rings. The first-order valence-corrected chi connectivity index (χ1v) is 15.8. The van der Waals surface area contributed by atoms with Crippen LogP contribution in [0.2, 0.25) is 10.0 Å². The minimum atomic E-state index is -4.21. The standard InChI is InChI=1S/C30H33Cl2N3O6S/c1-3-4-14-33-30(37)21(2)34(19-22-10-11-23(31)17-26(22)32)29(36)20-35(42(38,39)25-8-6-5-7-9-25)24-12-13-27-28(18-24)41-16-15-40-27/h5-13,17-18,21H,3-4,14-16,19-20H2,1-2H3,(H,33,37). The van der Waals surface area contributed by atoms with Gasteiger partial charge in [0.15, 0.2) is 11.5 Å². The first-order chi connectivity index (χ1) is 20.1. The number of benzene rings is 3. The molecule has 1 aliphatic heterocycles.